The predicted molar refractivity (Wildman–Crippen MR) is 134 cm³/mol. The van der Waals surface area contributed by atoms with E-state index < -0.39 is 18.7 Å². The van der Waals surface area contributed by atoms with Crippen molar-refractivity contribution in [2.24, 2.45) is 10.1 Å². The van der Waals surface area contributed by atoms with Crippen molar-refractivity contribution in [3.05, 3.63) is 58.6 Å². The van der Waals surface area contributed by atoms with Crippen molar-refractivity contribution in [3.8, 4) is 11.5 Å². The SMILES string of the molecule is CCCCCCSC1=NN2C(=c3ccccc3=NC2c2ccc(OCC(=O)O)c(OC)c2)C(=O)N1. The van der Waals surface area contributed by atoms with Crippen molar-refractivity contribution < 1.29 is 24.2 Å². The Morgan fingerprint density at radius 2 is 2.00 bits per heavy atom. The summed E-state index contributed by atoms with van der Waals surface area (Å²) in [6, 6.07) is 12.6. The van der Waals surface area contributed by atoms with Crippen LogP contribution in [0, 0.1) is 0 Å². The number of aliphatic carboxylic acids is 1. The quantitative estimate of drug-likeness (QED) is 0.486. The molecule has 0 spiro atoms. The molecule has 2 N–H and O–H groups in total. The van der Waals surface area contributed by atoms with Crippen LogP contribution in [0.5, 0.6) is 11.5 Å². The number of amides is 1. The van der Waals surface area contributed by atoms with Gasteiger partial charge in [-0.25, -0.2) is 9.80 Å². The van der Waals surface area contributed by atoms with Gasteiger partial charge in [-0.3, -0.25) is 15.1 Å². The number of benzene rings is 2. The number of carboxylic acids is 1. The Morgan fingerprint density at radius 3 is 2.77 bits per heavy atom. The molecule has 0 aliphatic carbocycles. The molecule has 1 amide bonds. The lowest BCUT2D eigenvalue weighted by atomic mass is 10.1. The summed E-state index contributed by atoms with van der Waals surface area (Å²) in [6.07, 6.45) is 3.95. The van der Waals surface area contributed by atoms with Crippen LogP contribution in [0.3, 0.4) is 0 Å². The zero-order chi connectivity index (χ0) is 24.8. The Balaban J connectivity index is 1.70. The van der Waals surface area contributed by atoms with E-state index in [0.717, 1.165) is 24.2 Å². The fourth-order valence-electron chi connectivity index (χ4n) is 3.91. The second kappa shape index (κ2) is 11.3. The van der Waals surface area contributed by atoms with Gasteiger partial charge in [-0.1, -0.05) is 62.2 Å². The second-order valence-corrected chi connectivity index (χ2v) is 9.16. The molecule has 2 heterocycles. The Morgan fingerprint density at radius 1 is 1.17 bits per heavy atom. The van der Waals surface area contributed by atoms with Crippen molar-refractivity contribution in [2.75, 3.05) is 19.5 Å². The van der Waals surface area contributed by atoms with Crippen LogP contribution in [-0.4, -0.2) is 46.6 Å². The number of thioether (sulfide) groups is 1. The number of ether oxygens (including phenoxy) is 2. The fraction of sp³-hybridized carbons (Fsp3) is 0.360. The fourth-order valence-corrected chi connectivity index (χ4v) is 4.76. The smallest absolute Gasteiger partial charge is 0.341 e. The molecule has 1 unspecified atom stereocenters. The van der Waals surface area contributed by atoms with E-state index in [0.29, 0.717) is 32.9 Å². The average Bonchev–Trinajstić information content (AvgIpc) is 2.86. The third-order valence-corrected chi connectivity index (χ3v) is 6.54. The maximum Gasteiger partial charge on any atom is 0.341 e. The van der Waals surface area contributed by atoms with Crippen molar-refractivity contribution in [2.45, 2.75) is 38.8 Å². The van der Waals surface area contributed by atoms with Gasteiger partial charge in [-0.05, 0) is 24.6 Å². The molecule has 0 bridgehead atoms. The maximum atomic E-state index is 13.2. The van der Waals surface area contributed by atoms with Crippen LogP contribution in [0.4, 0.5) is 0 Å². The minimum Gasteiger partial charge on any atom is -0.493 e. The van der Waals surface area contributed by atoms with E-state index in [2.05, 4.69) is 12.2 Å². The average molecular weight is 497 g/mol. The largest absolute Gasteiger partial charge is 0.493 e. The molecule has 0 saturated heterocycles. The minimum absolute atomic E-state index is 0.225. The van der Waals surface area contributed by atoms with Gasteiger partial charge < -0.3 is 14.6 Å². The highest BCUT2D eigenvalue weighted by molar-refractivity contribution is 8.13. The summed E-state index contributed by atoms with van der Waals surface area (Å²) in [4.78, 5) is 29.0. The molecular formula is C25H28N4O5S. The van der Waals surface area contributed by atoms with E-state index >= 15 is 0 Å². The number of unbranched alkanes of at least 4 members (excludes halogenated alkanes) is 3. The predicted octanol–water partition coefficient (Wildman–Crippen LogP) is 2.62. The molecule has 0 saturated carbocycles. The number of carboxylic acid groups (broad SMARTS) is 1. The zero-order valence-electron chi connectivity index (χ0n) is 19.7. The topological polar surface area (TPSA) is 113 Å². The Bertz CT molecular complexity index is 1260. The highest BCUT2D eigenvalue weighted by atomic mass is 32.2. The molecule has 0 fully saturated rings. The van der Waals surface area contributed by atoms with E-state index in [9.17, 15) is 9.59 Å². The highest BCUT2D eigenvalue weighted by Gasteiger charge is 2.34. The Kier molecular flexibility index (Phi) is 7.91. The van der Waals surface area contributed by atoms with Crippen molar-refractivity contribution in [1.29, 1.82) is 0 Å². The number of para-hydroxylation sites is 1. The van der Waals surface area contributed by atoms with E-state index in [1.54, 1.807) is 23.2 Å². The highest BCUT2D eigenvalue weighted by Crippen LogP contribution is 2.36. The number of hydrogen-bond acceptors (Lipinski definition) is 8. The maximum absolute atomic E-state index is 13.2. The molecule has 0 radical (unpaired) electrons. The summed E-state index contributed by atoms with van der Waals surface area (Å²) in [6.45, 7) is 1.69. The number of rotatable bonds is 10. The number of fused-ring (bicyclic) bond motifs is 2. The number of methoxy groups -OCH3 is 1. The summed E-state index contributed by atoms with van der Waals surface area (Å²) < 4.78 is 10.8. The lowest BCUT2D eigenvalue weighted by Gasteiger charge is -2.34. The molecule has 2 aromatic carbocycles. The van der Waals surface area contributed by atoms with Gasteiger partial charge in [0.25, 0.3) is 5.91 Å². The Hall–Kier alpha value is -3.53. The molecular weight excluding hydrogens is 468 g/mol. The van der Waals surface area contributed by atoms with E-state index in [4.69, 9.17) is 24.7 Å². The second-order valence-electron chi connectivity index (χ2n) is 8.07. The first-order valence-electron chi connectivity index (χ1n) is 11.5. The summed E-state index contributed by atoms with van der Waals surface area (Å²) in [5, 5.41) is 20.2. The molecule has 2 aromatic rings. The van der Waals surface area contributed by atoms with E-state index in [-0.39, 0.29) is 5.91 Å². The normalized spacial score (nSPS) is 16.5. The number of carbonyl (C=O) groups excluding carboxylic acids is 1. The van der Waals surface area contributed by atoms with Crippen LogP contribution in [0.25, 0.3) is 5.70 Å². The summed E-state index contributed by atoms with van der Waals surface area (Å²) in [7, 11) is 1.48. The van der Waals surface area contributed by atoms with Crippen LogP contribution in [-0.2, 0) is 9.59 Å². The minimum atomic E-state index is -1.08. The van der Waals surface area contributed by atoms with Gasteiger partial charge in [-0.2, -0.15) is 0 Å². The van der Waals surface area contributed by atoms with Gasteiger partial charge in [0.05, 0.1) is 12.5 Å². The summed E-state index contributed by atoms with van der Waals surface area (Å²) >= 11 is 1.53. The molecule has 0 aromatic heterocycles. The van der Waals surface area contributed by atoms with Gasteiger partial charge in [0, 0.05) is 16.5 Å². The number of nitrogens with one attached hydrogen (secondary N) is 1. The third-order valence-electron chi connectivity index (χ3n) is 5.59. The van der Waals surface area contributed by atoms with Crippen molar-refractivity contribution in [3.63, 3.8) is 0 Å². The Labute approximate surface area is 207 Å². The number of hydrogen-bond donors (Lipinski definition) is 2. The van der Waals surface area contributed by atoms with Crippen LogP contribution in [0.2, 0.25) is 0 Å². The first-order valence-corrected chi connectivity index (χ1v) is 12.5. The van der Waals surface area contributed by atoms with E-state index in [1.807, 2.05) is 24.3 Å². The van der Waals surface area contributed by atoms with Crippen LogP contribution >= 0.6 is 11.8 Å². The summed E-state index contributed by atoms with van der Waals surface area (Å²) in [5.41, 5.74) is 1.16. The lowest BCUT2D eigenvalue weighted by molar-refractivity contribution is -0.139. The van der Waals surface area contributed by atoms with Crippen LogP contribution in [0.15, 0.2) is 52.6 Å². The van der Waals surface area contributed by atoms with Gasteiger partial charge in [0.15, 0.2) is 29.4 Å². The van der Waals surface area contributed by atoms with Gasteiger partial charge in [-0.15, -0.1) is 5.10 Å². The van der Waals surface area contributed by atoms with Crippen molar-refractivity contribution >= 4 is 34.5 Å². The molecule has 10 heteroatoms. The monoisotopic (exact) mass is 496 g/mol. The molecule has 1 atom stereocenters. The molecule has 9 nitrogen and oxygen atoms in total. The first kappa shape index (κ1) is 24.6. The number of nitrogens with zero attached hydrogens (tertiary/aromatic N) is 3. The lowest BCUT2D eigenvalue weighted by Crippen LogP contribution is -2.50. The number of carbonyl (C=O) groups is 2. The standard InChI is InChI=1S/C25H28N4O5S/c1-3-4-5-8-13-35-25-27-24(32)22-17-9-6-7-10-18(17)26-23(29(22)28-25)16-11-12-19(20(14-16)33-2)34-15-21(30)31/h6-7,9-12,14,23H,3-5,8,13,15H2,1-2H3,(H,30,31)(H,27,28,32). The summed E-state index contributed by atoms with van der Waals surface area (Å²) in [5.74, 6) is 0.237. The van der Waals surface area contributed by atoms with Crippen LogP contribution in [0.1, 0.15) is 44.3 Å². The number of amidine groups is 1. The van der Waals surface area contributed by atoms with Crippen molar-refractivity contribution in [1.82, 2.24) is 10.3 Å². The number of hydrazone groups is 1. The molecule has 4 rings (SSSR count). The molecule has 184 valence electrons. The zero-order valence-corrected chi connectivity index (χ0v) is 20.5. The molecule has 2 aliphatic heterocycles. The van der Waals surface area contributed by atoms with E-state index in [1.165, 1.54) is 31.7 Å². The van der Waals surface area contributed by atoms with Gasteiger partial charge in [0.2, 0.25) is 0 Å². The molecule has 2 aliphatic rings. The first-order chi connectivity index (χ1) is 17.0. The van der Waals surface area contributed by atoms with Crippen LogP contribution < -0.4 is 25.4 Å². The third kappa shape index (κ3) is 5.59. The van der Waals surface area contributed by atoms with Gasteiger partial charge in [0.1, 0.15) is 5.70 Å². The molecule has 35 heavy (non-hydrogen) atoms. The van der Waals surface area contributed by atoms with Gasteiger partial charge >= 0.3 is 5.97 Å².